The molecule has 0 aliphatic rings. The van der Waals surface area contributed by atoms with Crippen LogP contribution >= 0.6 is 15.9 Å². The van der Waals surface area contributed by atoms with E-state index in [4.69, 9.17) is 4.74 Å². The molecule has 0 saturated heterocycles. The van der Waals surface area contributed by atoms with Crippen molar-refractivity contribution < 1.29 is 13.9 Å². The topological polar surface area (TPSA) is 26.3 Å². The van der Waals surface area contributed by atoms with Crippen molar-refractivity contribution in [3.8, 4) is 5.75 Å². The molecule has 2 nitrogen and oxygen atoms in total. The number of ether oxygens (including phenoxy) is 1. The number of hydrogen-bond acceptors (Lipinski definition) is 2. The number of aldehydes is 1. The normalized spacial score (nSPS) is 12.3. The summed E-state index contributed by atoms with van der Waals surface area (Å²) in [6.45, 7) is 1.79. The van der Waals surface area contributed by atoms with Crippen molar-refractivity contribution in [3.63, 3.8) is 0 Å². The van der Waals surface area contributed by atoms with E-state index in [9.17, 15) is 9.18 Å². The largest absolute Gasteiger partial charge is 0.496 e. The summed E-state index contributed by atoms with van der Waals surface area (Å²) in [7, 11) is 1.49. The van der Waals surface area contributed by atoms with E-state index in [1.807, 2.05) is 0 Å². The van der Waals surface area contributed by atoms with E-state index >= 15 is 0 Å². The third-order valence-electron chi connectivity index (χ3n) is 2.26. The van der Waals surface area contributed by atoms with Crippen LogP contribution in [0, 0.1) is 5.82 Å². The minimum absolute atomic E-state index is 0.185. The van der Waals surface area contributed by atoms with Crippen LogP contribution in [0.1, 0.15) is 24.8 Å². The first-order valence-corrected chi connectivity index (χ1v) is 5.36. The van der Waals surface area contributed by atoms with Gasteiger partial charge in [-0.3, -0.25) is 0 Å². The van der Waals surface area contributed by atoms with Gasteiger partial charge in [0.15, 0.2) is 0 Å². The van der Waals surface area contributed by atoms with Gasteiger partial charge in [-0.25, -0.2) is 4.39 Å². The zero-order valence-corrected chi connectivity index (χ0v) is 10.2. The first-order chi connectivity index (χ1) is 7.11. The second kappa shape index (κ2) is 5.26. The predicted molar refractivity (Wildman–Crippen MR) is 59.7 cm³/mol. The fourth-order valence-corrected chi connectivity index (χ4v) is 1.79. The Morgan fingerprint density at radius 1 is 1.60 bits per heavy atom. The SMILES string of the molecule is COc1ccc(Br)c(F)c1C(C)CC=O. The quantitative estimate of drug-likeness (QED) is 0.788. The fraction of sp³-hybridized carbons (Fsp3) is 0.364. The maximum atomic E-state index is 13.8. The zero-order valence-electron chi connectivity index (χ0n) is 8.59. The molecule has 1 atom stereocenters. The highest BCUT2D eigenvalue weighted by atomic mass is 79.9. The molecule has 1 unspecified atom stereocenters. The van der Waals surface area contributed by atoms with Crippen molar-refractivity contribution in [1.82, 2.24) is 0 Å². The first kappa shape index (κ1) is 12.2. The molecule has 0 N–H and O–H groups in total. The fourth-order valence-electron chi connectivity index (χ4n) is 1.45. The van der Waals surface area contributed by atoms with Gasteiger partial charge in [-0.05, 0) is 34.0 Å². The van der Waals surface area contributed by atoms with E-state index in [1.165, 1.54) is 7.11 Å². The third kappa shape index (κ3) is 2.56. The number of rotatable bonds is 4. The van der Waals surface area contributed by atoms with Crippen molar-refractivity contribution >= 4 is 22.2 Å². The van der Waals surface area contributed by atoms with Crippen molar-refractivity contribution in [3.05, 3.63) is 28.0 Å². The van der Waals surface area contributed by atoms with Gasteiger partial charge >= 0.3 is 0 Å². The molecule has 0 aliphatic carbocycles. The molecule has 0 saturated carbocycles. The Labute approximate surface area is 96.6 Å². The highest BCUT2D eigenvalue weighted by Crippen LogP contribution is 2.34. The Bertz CT molecular complexity index is 366. The molecule has 0 aromatic heterocycles. The molecule has 15 heavy (non-hydrogen) atoms. The van der Waals surface area contributed by atoms with E-state index in [2.05, 4.69) is 15.9 Å². The van der Waals surface area contributed by atoms with Crippen LogP contribution in [-0.4, -0.2) is 13.4 Å². The van der Waals surface area contributed by atoms with Crippen molar-refractivity contribution in [2.24, 2.45) is 0 Å². The minimum atomic E-state index is -0.358. The summed E-state index contributed by atoms with van der Waals surface area (Å²) in [5, 5.41) is 0. The second-order valence-corrected chi connectivity index (χ2v) is 4.14. The van der Waals surface area contributed by atoms with Crippen molar-refractivity contribution in [1.29, 1.82) is 0 Å². The molecule has 1 aromatic carbocycles. The van der Waals surface area contributed by atoms with Crippen LogP contribution in [0.2, 0.25) is 0 Å². The molecular formula is C11H12BrFO2. The molecule has 0 bridgehead atoms. The molecule has 0 radical (unpaired) electrons. The lowest BCUT2D eigenvalue weighted by Gasteiger charge is -2.15. The Hall–Kier alpha value is -0.900. The maximum absolute atomic E-state index is 13.8. The van der Waals surface area contributed by atoms with Crippen molar-refractivity contribution in [2.75, 3.05) is 7.11 Å². The van der Waals surface area contributed by atoms with Gasteiger partial charge in [0.05, 0.1) is 11.6 Å². The lowest BCUT2D eigenvalue weighted by molar-refractivity contribution is -0.108. The molecule has 0 aliphatic heterocycles. The molecule has 0 fully saturated rings. The van der Waals surface area contributed by atoms with Crippen molar-refractivity contribution in [2.45, 2.75) is 19.3 Å². The van der Waals surface area contributed by atoms with Gasteiger partial charge in [0, 0.05) is 12.0 Å². The summed E-state index contributed by atoms with van der Waals surface area (Å²) in [5.74, 6) is -0.0660. The van der Waals surface area contributed by atoms with Gasteiger partial charge in [0.2, 0.25) is 0 Å². The van der Waals surface area contributed by atoms with Gasteiger partial charge in [-0.1, -0.05) is 6.92 Å². The summed E-state index contributed by atoms with van der Waals surface area (Å²) >= 11 is 3.11. The number of carbonyl (C=O) groups excluding carboxylic acids is 1. The molecule has 0 amide bonds. The van der Waals surface area contributed by atoms with Gasteiger partial charge in [-0.2, -0.15) is 0 Å². The smallest absolute Gasteiger partial charge is 0.144 e. The molecule has 1 rings (SSSR count). The maximum Gasteiger partial charge on any atom is 0.144 e. The van der Waals surface area contributed by atoms with Crippen LogP contribution in [0.15, 0.2) is 16.6 Å². The van der Waals surface area contributed by atoms with Crippen LogP contribution in [0.3, 0.4) is 0 Å². The van der Waals surface area contributed by atoms with E-state index in [1.54, 1.807) is 19.1 Å². The number of methoxy groups -OCH3 is 1. The Balaban J connectivity index is 3.22. The van der Waals surface area contributed by atoms with E-state index < -0.39 is 0 Å². The number of benzene rings is 1. The molecule has 0 spiro atoms. The van der Waals surface area contributed by atoms with Gasteiger partial charge in [0.1, 0.15) is 17.9 Å². The molecule has 4 heteroatoms. The Morgan fingerprint density at radius 3 is 2.80 bits per heavy atom. The second-order valence-electron chi connectivity index (χ2n) is 3.28. The summed E-state index contributed by atoms with van der Waals surface area (Å²) < 4.78 is 19.2. The van der Waals surface area contributed by atoms with E-state index in [0.717, 1.165) is 6.29 Å². The minimum Gasteiger partial charge on any atom is -0.496 e. The lowest BCUT2D eigenvalue weighted by atomic mass is 9.97. The van der Waals surface area contributed by atoms with Crippen LogP contribution in [-0.2, 0) is 4.79 Å². The summed E-state index contributed by atoms with van der Waals surface area (Å²) in [6.07, 6.45) is 1.06. The van der Waals surface area contributed by atoms with Crippen LogP contribution < -0.4 is 4.74 Å². The number of hydrogen-bond donors (Lipinski definition) is 0. The third-order valence-corrected chi connectivity index (χ3v) is 2.87. The van der Waals surface area contributed by atoms with Gasteiger partial charge in [-0.15, -0.1) is 0 Å². The van der Waals surface area contributed by atoms with E-state index in [0.29, 0.717) is 15.8 Å². The average Bonchev–Trinajstić information content (AvgIpc) is 2.22. The average molecular weight is 275 g/mol. The van der Waals surface area contributed by atoms with Gasteiger partial charge in [0.25, 0.3) is 0 Å². The zero-order chi connectivity index (χ0) is 11.4. The summed E-state index contributed by atoms with van der Waals surface area (Å²) in [6, 6.07) is 3.27. The first-order valence-electron chi connectivity index (χ1n) is 4.57. The standard InChI is InChI=1S/C11H12BrFO2/c1-7(5-6-14)10-9(15-2)4-3-8(12)11(10)13/h3-4,6-7H,5H2,1-2H3. The van der Waals surface area contributed by atoms with E-state index in [-0.39, 0.29) is 18.2 Å². The molecule has 1 aromatic rings. The predicted octanol–water partition coefficient (Wildman–Crippen LogP) is 3.29. The van der Waals surface area contributed by atoms with Gasteiger partial charge < -0.3 is 9.53 Å². The van der Waals surface area contributed by atoms with Crippen LogP contribution in [0.25, 0.3) is 0 Å². The highest BCUT2D eigenvalue weighted by molar-refractivity contribution is 9.10. The lowest BCUT2D eigenvalue weighted by Crippen LogP contribution is -2.02. The Morgan fingerprint density at radius 2 is 2.27 bits per heavy atom. The van der Waals surface area contributed by atoms with Crippen LogP contribution in [0.4, 0.5) is 4.39 Å². The highest BCUT2D eigenvalue weighted by Gasteiger charge is 2.18. The molecule has 82 valence electrons. The summed E-state index contributed by atoms with van der Waals surface area (Å²) in [4.78, 5) is 10.4. The molecular weight excluding hydrogens is 263 g/mol. The van der Waals surface area contributed by atoms with Crippen LogP contribution in [0.5, 0.6) is 5.75 Å². The monoisotopic (exact) mass is 274 g/mol. The Kier molecular flexibility index (Phi) is 4.27. The number of halogens is 2. The molecule has 0 heterocycles. The number of carbonyl (C=O) groups is 1. The summed E-state index contributed by atoms with van der Waals surface area (Å²) in [5.41, 5.74) is 0.443.